The van der Waals surface area contributed by atoms with Crippen LogP contribution in [0.25, 0.3) is 11.0 Å². The Bertz CT molecular complexity index is 641. The second-order valence-corrected chi connectivity index (χ2v) is 8.67. The fraction of sp³-hybridized carbons (Fsp3) is 0.500. The van der Waals surface area contributed by atoms with Crippen LogP contribution in [0.3, 0.4) is 0 Å². The fourth-order valence-corrected chi connectivity index (χ4v) is 3.22. The first-order valence-corrected chi connectivity index (χ1v) is 9.65. The van der Waals surface area contributed by atoms with Crippen molar-refractivity contribution in [1.82, 2.24) is 9.55 Å². The van der Waals surface area contributed by atoms with Crippen LogP contribution in [0.2, 0.25) is 0 Å². The van der Waals surface area contributed by atoms with Gasteiger partial charge in [-0.1, -0.05) is 6.92 Å². The average molecular weight is 425 g/mol. The third-order valence-corrected chi connectivity index (χ3v) is 5.66. The lowest BCUT2D eigenvalue weighted by Crippen LogP contribution is -2.14. The SMILES string of the molecule is CC(Cl)c1nc2cc(I)ccc2n1CCC(C)S(C)=O. The Morgan fingerprint density at radius 3 is 2.75 bits per heavy atom. The molecule has 20 heavy (non-hydrogen) atoms. The first-order valence-electron chi connectivity index (χ1n) is 6.52. The summed E-state index contributed by atoms with van der Waals surface area (Å²) in [5.41, 5.74) is 2.08. The molecule has 0 aliphatic rings. The maximum absolute atomic E-state index is 11.5. The number of fused-ring (bicyclic) bond motifs is 1. The molecule has 2 rings (SSSR count). The molecule has 0 radical (unpaired) electrons. The second-order valence-electron chi connectivity index (χ2n) is 4.97. The monoisotopic (exact) mass is 424 g/mol. The Balaban J connectivity index is 2.38. The molecule has 0 saturated carbocycles. The number of rotatable bonds is 5. The van der Waals surface area contributed by atoms with Gasteiger partial charge < -0.3 is 4.57 Å². The van der Waals surface area contributed by atoms with Crippen molar-refractivity contribution >= 4 is 56.0 Å². The summed E-state index contributed by atoms with van der Waals surface area (Å²) in [5.74, 6) is 0.887. The first kappa shape index (κ1) is 16.2. The molecule has 0 saturated heterocycles. The van der Waals surface area contributed by atoms with Crippen LogP contribution in [-0.4, -0.2) is 25.3 Å². The second kappa shape index (κ2) is 6.75. The lowest BCUT2D eigenvalue weighted by molar-refractivity contribution is 0.608. The Kier molecular flexibility index (Phi) is 5.48. The van der Waals surface area contributed by atoms with Crippen molar-refractivity contribution in [3.05, 3.63) is 27.6 Å². The highest BCUT2D eigenvalue weighted by Crippen LogP contribution is 2.26. The van der Waals surface area contributed by atoms with E-state index in [0.717, 1.165) is 33.4 Å². The van der Waals surface area contributed by atoms with Crippen molar-refractivity contribution in [2.24, 2.45) is 0 Å². The molecule has 1 heterocycles. The Morgan fingerprint density at radius 2 is 2.15 bits per heavy atom. The van der Waals surface area contributed by atoms with Crippen molar-refractivity contribution in [3.8, 4) is 0 Å². The van der Waals surface area contributed by atoms with E-state index in [2.05, 4.69) is 50.3 Å². The number of aryl methyl sites for hydroxylation is 1. The van der Waals surface area contributed by atoms with E-state index >= 15 is 0 Å². The number of imidazole rings is 1. The molecule has 2 aromatic rings. The number of hydrogen-bond donors (Lipinski definition) is 0. The maximum Gasteiger partial charge on any atom is 0.127 e. The highest BCUT2D eigenvalue weighted by molar-refractivity contribution is 14.1. The number of benzene rings is 1. The van der Waals surface area contributed by atoms with Crippen LogP contribution in [0.5, 0.6) is 0 Å². The zero-order valence-corrected chi connectivity index (χ0v) is 15.5. The number of aromatic nitrogens is 2. The van der Waals surface area contributed by atoms with Gasteiger partial charge in [-0.15, -0.1) is 11.6 Å². The largest absolute Gasteiger partial charge is 0.327 e. The van der Waals surface area contributed by atoms with Gasteiger partial charge in [0, 0.05) is 32.4 Å². The molecule has 3 unspecified atom stereocenters. The van der Waals surface area contributed by atoms with E-state index in [1.165, 1.54) is 0 Å². The number of nitrogens with zero attached hydrogens (tertiary/aromatic N) is 2. The molecule has 0 fully saturated rings. The highest BCUT2D eigenvalue weighted by Gasteiger charge is 2.16. The van der Waals surface area contributed by atoms with E-state index in [1.807, 2.05) is 13.8 Å². The predicted molar refractivity (Wildman–Crippen MR) is 94.9 cm³/mol. The molecule has 0 spiro atoms. The standard InChI is InChI=1S/C14H18ClIN2OS/c1-9(20(3)19)6-7-18-13-5-4-11(16)8-12(13)17-14(18)10(2)15/h4-5,8-10H,6-7H2,1-3H3. The maximum atomic E-state index is 11.5. The minimum absolute atomic E-state index is 0.137. The predicted octanol–water partition coefficient (Wildman–Crippen LogP) is 4.10. The molecule has 0 aliphatic heterocycles. The first-order chi connectivity index (χ1) is 9.40. The number of hydrogen-bond acceptors (Lipinski definition) is 2. The Morgan fingerprint density at radius 1 is 1.45 bits per heavy atom. The molecular formula is C14H18ClIN2OS. The quantitative estimate of drug-likeness (QED) is 0.535. The molecule has 0 amide bonds. The van der Waals surface area contributed by atoms with E-state index in [1.54, 1.807) is 6.26 Å². The molecule has 3 atom stereocenters. The fourth-order valence-electron chi connectivity index (χ4n) is 2.14. The Hall–Kier alpha value is -0.140. The van der Waals surface area contributed by atoms with Gasteiger partial charge in [0.05, 0.1) is 16.4 Å². The summed E-state index contributed by atoms with van der Waals surface area (Å²) in [7, 11) is -0.794. The van der Waals surface area contributed by atoms with Gasteiger partial charge >= 0.3 is 0 Å². The van der Waals surface area contributed by atoms with Crippen molar-refractivity contribution in [1.29, 1.82) is 0 Å². The lowest BCUT2D eigenvalue weighted by atomic mass is 10.3. The van der Waals surface area contributed by atoms with Crippen molar-refractivity contribution < 1.29 is 4.21 Å². The summed E-state index contributed by atoms with van der Waals surface area (Å²) in [5, 5.41) is 0.0391. The van der Waals surface area contributed by atoms with Crippen LogP contribution in [0, 0.1) is 3.57 Å². The van der Waals surface area contributed by atoms with Crippen LogP contribution in [0.15, 0.2) is 18.2 Å². The zero-order chi connectivity index (χ0) is 14.9. The van der Waals surface area contributed by atoms with Crippen molar-refractivity contribution in [3.63, 3.8) is 0 Å². The van der Waals surface area contributed by atoms with E-state index < -0.39 is 10.8 Å². The van der Waals surface area contributed by atoms with Gasteiger partial charge in [-0.2, -0.15) is 0 Å². The third kappa shape index (κ3) is 3.54. The van der Waals surface area contributed by atoms with Gasteiger partial charge in [0.15, 0.2) is 0 Å². The van der Waals surface area contributed by atoms with E-state index in [0.29, 0.717) is 0 Å². The molecule has 0 N–H and O–H groups in total. The molecular weight excluding hydrogens is 407 g/mol. The number of alkyl halides is 1. The summed E-state index contributed by atoms with van der Waals surface area (Å²) in [6.07, 6.45) is 2.61. The molecule has 1 aromatic heterocycles. The Labute approximate surface area is 140 Å². The highest BCUT2D eigenvalue weighted by atomic mass is 127. The smallest absolute Gasteiger partial charge is 0.127 e. The van der Waals surface area contributed by atoms with Crippen molar-refractivity contribution in [2.75, 3.05) is 6.26 Å². The van der Waals surface area contributed by atoms with Gasteiger partial charge in [-0.3, -0.25) is 4.21 Å². The van der Waals surface area contributed by atoms with Gasteiger partial charge in [0.1, 0.15) is 5.82 Å². The van der Waals surface area contributed by atoms with Crippen LogP contribution < -0.4 is 0 Å². The third-order valence-electron chi connectivity index (χ3n) is 3.42. The van der Waals surface area contributed by atoms with E-state index in [4.69, 9.17) is 11.6 Å². The topological polar surface area (TPSA) is 34.9 Å². The van der Waals surface area contributed by atoms with E-state index in [-0.39, 0.29) is 10.6 Å². The van der Waals surface area contributed by atoms with Gasteiger partial charge in [0.25, 0.3) is 0 Å². The molecule has 110 valence electrons. The van der Waals surface area contributed by atoms with Crippen LogP contribution in [0.4, 0.5) is 0 Å². The van der Waals surface area contributed by atoms with Crippen LogP contribution >= 0.6 is 34.2 Å². The molecule has 1 aromatic carbocycles. The summed E-state index contributed by atoms with van der Waals surface area (Å²) < 4.78 is 14.8. The summed E-state index contributed by atoms with van der Waals surface area (Å²) in [4.78, 5) is 4.65. The molecule has 3 nitrogen and oxygen atoms in total. The van der Waals surface area contributed by atoms with E-state index in [9.17, 15) is 4.21 Å². The summed E-state index contributed by atoms with van der Waals surface area (Å²) in [6.45, 7) is 4.75. The van der Waals surface area contributed by atoms with Crippen LogP contribution in [0.1, 0.15) is 31.5 Å². The summed E-state index contributed by atoms with van der Waals surface area (Å²) >= 11 is 8.54. The summed E-state index contributed by atoms with van der Waals surface area (Å²) in [6, 6.07) is 6.22. The average Bonchev–Trinajstić information content (AvgIpc) is 2.73. The molecule has 6 heteroatoms. The van der Waals surface area contributed by atoms with Crippen molar-refractivity contribution in [2.45, 2.75) is 37.4 Å². The van der Waals surface area contributed by atoms with Crippen LogP contribution in [-0.2, 0) is 17.3 Å². The normalized spacial score (nSPS) is 16.2. The molecule has 0 aliphatic carbocycles. The minimum atomic E-state index is -0.794. The van der Waals surface area contributed by atoms with Gasteiger partial charge in [-0.25, -0.2) is 4.98 Å². The minimum Gasteiger partial charge on any atom is -0.327 e. The van der Waals surface area contributed by atoms with Gasteiger partial charge in [-0.05, 0) is 54.1 Å². The lowest BCUT2D eigenvalue weighted by Gasteiger charge is -2.13. The molecule has 0 bridgehead atoms. The number of halogens is 2. The zero-order valence-electron chi connectivity index (χ0n) is 11.8. The van der Waals surface area contributed by atoms with Gasteiger partial charge in [0.2, 0.25) is 0 Å².